The molecule has 0 aliphatic carbocycles. The number of aromatic nitrogens is 2. The zero-order valence-corrected chi connectivity index (χ0v) is 15.5. The highest BCUT2D eigenvalue weighted by Crippen LogP contribution is 2.24. The van der Waals surface area contributed by atoms with Crippen LogP contribution in [0.4, 0.5) is 0 Å². The van der Waals surface area contributed by atoms with E-state index in [4.69, 9.17) is 16.0 Å². The van der Waals surface area contributed by atoms with E-state index in [2.05, 4.69) is 22.4 Å². The number of nitrogens with zero attached hydrogens (tertiary/aromatic N) is 2. The van der Waals surface area contributed by atoms with Gasteiger partial charge in [0.2, 0.25) is 11.8 Å². The van der Waals surface area contributed by atoms with Crippen molar-refractivity contribution in [3.05, 3.63) is 29.3 Å². The van der Waals surface area contributed by atoms with Crippen molar-refractivity contribution in [3.8, 4) is 11.5 Å². The summed E-state index contributed by atoms with van der Waals surface area (Å²) in [5, 5.41) is 12.0. The highest BCUT2D eigenvalue weighted by Gasteiger charge is 2.12. The fraction of sp³-hybridized carbons (Fsp3) is 0.471. The molecule has 0 fully saturated rings. The highest BCUT2D eigenvalue weighted by atomic mass is 35.5. The summed E-state index contributed by atoms with van der Waals surface area (Å²) < 4.78 is 5.56. The Bertz CT molecular complexity index is 646. The largest absolute Gasteiger partial charge is 0.411 e. The highest BCUT2D eigenvalue weighted by molar-refractivity contribution is 7.99. The first-order valence-corrected chi connectivity index (χ1v) is 9.46. The average molecular weight is 368 g/mol. The van der Waals surface area contributed by atoms with Gasteiger partial charge in [0.15, 0.2) is 0 Å². The van der Waals surface area contributed by atoms with Gasteiger partial charge in [-0.25, -0.2) is 0 Å². The van der Waals surface area contributed by atoms with Crippen LogP contribution in [0.15, 0.2) is 33.9 Å². The van der Waals surface area contributed by atoms with Gasteiger partial charge in [-0.2, -0.15) is 0 Å². The number of hydrogen-bond acceptors (Lipinski definition) is 5. The summed E-state index contributed by atoms with van der Waals surface area (Å²) in [5.74, 6) is 0.665. The average Bonchev–Trinajstić information content (AvgIpc) is 3.03. The maximum Gasteiger partial charge on any atom is 0.277 e. The number of hydrogen-bond donors (Lipinski definition) is 1. The van der Waals surface area contributed by atoms with Crippen LogP contribution in [0.1, 0.15) is 39.5 Å². The number of benzene rings is 1. The molecule has 1 amide bonds. The molecule has 24 heavy (non-hydrogen) atoms. The van der Waals surface area contributed by atoms with Crippen LogP contribution in [0.25, 0.3) is 11.5 Å². The molecule has 0 saturated heterocycles. The second-order valence-electron chi connectivity index (χ2n) is 5.63. The fourth-order valence-electron chi connectivity index (χ4n) is 2.19. The summed E-state index contributed by atoms with van der Waals surface area (Å²) in [7, 11) is 0. The van der Waals surface area contributed by atoms with Gasteiger partial charge in [-0.3, -0.25) is 4.79 Å². The molecule has 0 aliphatic heterocycles. The van der Waals surface area contributed by atoms with E-state index in [1.165, 1.54) is 24.6 Å². The third kappa shape index (κ3) is 6.17. The van der Waals surface area contributed by atoms with Crippen LogP contribution in [-0.4, -0.2) is 27.9 Å². The summed E-state index contributed by atoms with van der Waals surface area (Å²) in [6.07, 6.45) is 4.53. The normalized spacial score (nSPS) is 12.1. The van der Waals surface area contributed by atoms with Crippen LogP contribution in [0.2, 0.25) is 5.02 Å². The van der Waals surface area contributed by atoms with Gasteiger partial charge in [-0.1, -0.05) is 49.5 Å². The lowest BCUT2D eigenvalue weighted by Crippen LogP contribution is -2.33. The molecule has 130 valence electrons. The quantitative estimate of drug-likeness (QED) is 0.519. The van der Waals surface area contributed by atoms with Crippen LogP contribution in [0, 0.1) is 0 Å². The van der Waals surface area contributed by atoms with Gasteiger partial charge >= 0.3 is 0 Å². The SMILES string of the molecule is CCCCC[C@@H](C)NC(=O)CSc1nnc(-c2ccc(Cl)cc2)o1. The minimum Gasteiger partial charge on any atom is -0.411 e. The molecular weight excluding hydrogens is 346 g/mol. The van der Waals surface area contributed by atoms with E-state index in [9.17, 15) is 4.79 Å². The zero-order chi connectivity index (χ0) is 17.4. The van der Waals surface area contributed by atoms with Gasteiger partial charge < -0.3 is 9.73 Å². The van der Waals surface area contributed by atoms with Gasteiger partial charge in [-0.15, -0.1) is 10.2 Å². The molecule has 1 heterocycles. The molecule has 1 N–H and O–H groups in total. The Morgan fingerprint density at radius 3 is 2.75 bits per heavy atom. The summed E-state index contributed by atoms with van der Waals surface area (Å²) in [4.78, 5) is 11.9. The van der Waals surface area contributed by atoms with Crippen molar-refractivity contribution in [1.82, 2.24) is 15.5 Å². The Labute approximate surface area is 151 Å². The van der Waals surface area contributed by atoms with E-state index in [-0.39, 0.29) is 17.7 Å². The first-order valence-electron chi connectivity index (χ1n) is 8.10. The van der Waals surface area contributed by atoms with Gasteiger partial charge in [0, 0.05) is 16.6 Å². The number of amides is 1. The molecular formula is C17H22ClN3O2S. The molecule has 0 spiro atoms. The molecule has 0 aliphatic rings. The summed E-state index contributed by atoms with van der Waals surface area (Å²) in [6.45, 7) is 4.20. The topological polar surface area (TPSA) is 68.0 Å². The van der Waals surface area contributed by atoms with Crippen molar-refractivity contribution < 1.29 is 9.21 Å². The third-order valence-electron chi connectivity index (χ3n) is 3.47. The lowest BCUT2D eigenvalue weighted by molar-refractivity contribution is -0.119. The van der Waals surface area contributed by atoms with Gasteiger partial charge in [0.1, 0.15) is 0 Å². The van der Waals surface area contributed by atoms with Gasteiger partial charge in [-0.05, 0) is 37.6 Å². The second kappa shape index (κ2) is 9.69. The number of carbonyl (C=O) groups is 1. The molecule has 0 radical (unpaired) electrons. The number of carbonyl (C=O) groups excluding carboxylic acids is 1. The van der Waals surface area contributed by atoms with Crippen molar-refractivity contribution in [2.24, 2.45) is 0 Å². The van der Waals surface area contributed by atoms with Gasteiger partial charge in [0.25, 0.3) is 5.22 Å². The maximum absolute atomic E-state index is 11.9. The van der Waals surface area contributed by atoms with E-state index >= 15 is 0 Å². The molecule has 2 aromatic rings. The van der Waals surface area contributed by atoms with Crippen molar-refractivity contribution in [2.75, 3.05) is 5.75 Å². The predicted octanol–water partition coefficient (Wildman–Crippen LogP) is 4.57. The van der Waals surface area contributed by atoms with Crippen molar-refractivity contribution in [2.45, 2.75) is 50.8 Å². The molecule has 0 bridgehead atoms. The third-order valence-corrected chi connectivity index (χ3v) is 4.54. The maximum atomic E-state index is 11.9. The lowest BCUT2D eigenvalue weighted by atomic mass is 10.1. The predicted molar refractivity (Wildman–Crippen MR) is 97.2 cm³/mol. The standard InChI is InChI=1S/C17H22ClN3O2S/c1-3-4-5-6-12(2)19-15(22)11-24-17-21-20-16(23-17)13-7-9-14(18)10-8-13/h7-10,12H,3-6,11H2,1-2H3,(H,19,22)/t12-/m1/s1. The molecule has 2 rings (SSSR count). The molecule has 7 heteroatoms. The van der Waals surface area contributed by atoms with Crippen molar-refractivity contribution >= 4 is 29.3 Å². The van der Waals surface area contributed by atoms with Crippen molar-refractivity contribution in [1.29, 1.82) is 0 Å². The summed E-state index contributed by atoms with van der Waals surface area (Å²) in [5.41, 5.74) is 0.799. The first kappa shape index (κ1) is 18.8. The van der Waals surface area contributed by atoms with Gasteiger partial charge in [0.05, 0.1) is 5.75 Å². The number of nitrogens with one attached hydrogen (secondary N) is 1. The minimum absolute atomic E-state index is 0.0183. The second-order valence-corrected chi connectivity index (χ2v) is 7.00. The number of unbranched alkanes of at least 4 members (excludes halogenated alkanes) is 2. The van der Waals surface area contributed by atoms with Crippen LogP contribution >= 0.6 is 23.4 Å². The number of thioether (sulfide) groups is 1. The van der Waals surface area contributed by atoms with Crippen LogP contribution < -0.4 is 5.32 Å². The Kier molecular flexibility index (Phi) is 7.59. The molecule has 1 aromatic heterocycles. The zero-order valence-electron chi connectivity index (χ0n) is 13.9. The Balaban J connectivity index is 1.78. The molecule has 0 unspecified atom stereocenters. The molecule has 5 nitrogen and oxygen atoms in total. The van der Waals surface area contributed by atoms with E-state index in [1.807, 2.05) is 19.1 Å². The van der Waals surface area contributed by atoms with E-state index in [0.717, 1.165) is 18.4 Å². The smallest absolute Gasteiger partial charge is 0.277 e. The van der Waals surface area contributed by atoms with Crippen LogP contribution in [0.5, 0.6) is 0 Å². The van der Waals surface area contributed by atoms with Crippen LogP contribution in [0.3, 0.4) is 0 Å². The van der Waals surface area contributed by atoms with E-state index in [1.54, 1.807) is 12.1 Å². The first-order chi connectivity index (χ1) is 11.6. The minimum atomic E-state index is -0.0183. The van der Waals surface area contributed by atoms with E-state index < -0.39 is 0 Å². The lowest BCUT2D eigenvalue weighted by Gasteiger charge is -2.12. The monoisotopic (exact) mass is 367 g/mol. The molecule has 1 aromatic carbocycles. The Morgan fingerprint density at radius 1 is 1.29 bits per heavy atom. The number of rotatable bonds is 9. The van der Waals surface area contributed by atoms with Crippen LogP contribution in [-0.2, 0) is 4.79 Å². The molecule has 1 atom stereocenters. The molecule has 0 saturated carbocycles. The Morgan fingerprint density at radius 2 is 2.04 bits per heavy atom. The summed E-state index contributed by atoms with van der Waals surface area (Å²) >= 11 is 7.09. The summed E-state index contributed by atoms with van der Waals surface area (Å²) in [6, 6.07) is 7.35. The fourth-order valence-corrected chi connectivity index (χ4v) is 2.89. The number of halogens is 1. The Hall–Kier alpha value is -1.53. The van der Waals surface area contributed by atoms with Crippen molar-refractivity contribution in [3.63, 3.8) is 0 Å². The van der Waals surface area contributed by atoms with E-state index in [0.29, 0.717) is 16.1 Å².